The van der Waals surface area contributed by atoms with E-state index in [0.717, 1.165) is 8.58 Å². The van der Waals surface area contributed by atoms with E-state index in [1.165, 1.54) is 22.0 Å². The monoisotopic (exact) mass is 256 g/mol. The van der Waals surface area contributed by atoms with Gasteiger partial charge < -0.3 is 0 Å². The van der Waals surface area contributed by atoms with E-state index in [2.05, 4.69) is 76.2 Å². The van der Waals surface area contributed by atoms with Crippen LogP contribution in [0.3, 0.4) is 0 Å². The molecule has 1 atom stereocenters. The van der Waals surface area contributed by atoms with Crippen molar-refractivity contribution in [2.24, 2.45) is 0 Å². The topological polar surface area (TPSA) is 0 Å². The Labute approximate surface area is 112 Å². The number of rotatable bonds is 2. The number of benzene rings is 2. The second-order valence-corrected chi connectivity index (χ2v) is 8.01. The molecule has 0 spiro atoms. The summed E-state index contributed by atoms with van der Waals surface area (Å²) in [5.41, 5.74) is 4.11. The van der Waals surface area contributed by atoms with Crippen molar-refractivity contribution in [3.63, 3.8) is 0 Å². The van der Waals surface area contributed by atoms with Crippen LogP contribution in [0.4, 0.5) is 0 Å². The van der Waals surface area contributed by atoms with Gasteiger partial charge in [0.2, 0.25) is 0 Å². The Morgan fingerprint density at radius 1 is 0.833 bits per heavy atom. The second-order valence-electron chi connectivity index (χ2n) is 5.72. The van der Waals surface area contributed by atoms with Gasteiger partial charge in [0, 0.05) is 0 Å². The molecule has 0 bridgehead atoms. The maximum absolute atomic E-state index is 2.31. The largest absolute Gasteiger partial charge is 0.0845 e. The first kappa shape index (κ1) is 13.3. The lowest BCUT2D eigenvalue weighted by Gasteiger charge is -2.21. The van der Waals surface area contributed by atoms with Gasteiger partial charge in [-0.2, -0.15) is 0 Å². The number of hydrogen-bond acceptors (Lipinski definition) is 0. The molecule has 0 aromatic heterocycles. The zero-order valence-electron chi connectivity index (χ0n) is 11.6. The van der Waals surface area contributed by atoms with Gasteiger partial charge >= 0.3 is 0 Å². The highest BCUT2D eigenvalue weighted by Gasteiger charge is 2.14. The highest BCUT2D eigenvalue weighted by Crippen LogP contribution is 2.33. The highest BCUT2D eigenvalue weighted by atomic mass is 31.1. The summed E-state index contributed by atoms with van der Waals surface area (Å²) >= 11 is 0. The Morgan fingerprint density at radius 3 is 2.11 bits per heavy atom. The van der Waals surface area contributed by atoms with Gasteiger partial charge in [0.1, 0.15) is 0 Å². The van der Waals surface area contributed by atoms with Crippen LogP contribution < -0.4 is 5.30 Å². The lowest BCUT2D eigenvalue weighted by Crippen LogP contribution is -2.13. The second kappa shape index (κ2) is 5.24. The first-order valence-electron chi connectivity index (χ1n) is 6.40. The molecule has 2 rings (SSSR count). The van der Waals surface area contributed by atoms with Gasteiger partial charge in [0.05, 0.1) is 0 Å². The standard InChI is InChI=1S/C17H21P/c1-13-15(14-9-6-5-7-10-14)11-8-12-16(13)18-17(2,3)4/h5-12,18H,1-4H3. The molecule has 18 heavy (non-hydrogen) atoms. The third-order valence-corrected chi connectivity index (χ3v) is 4.49. The Bertz CT molecular complexity index is 521. The molecule has 0 saturated carbocycles. The molecule has 0 radical (unpaired) electrons. The minimum Gasteiger partial charge on any atom is -0.0845 e. The van der Waals surface area contributed by atoms with E-state index in [9.17, 15) is 0 Å². The van der Waals surface area contributed by atoms with Crippen molar-refractivity contribution in [2.45, 2.75) is 32.9 Å². The molecule has 2 aromatic rings. The fraction of sp³-hybridized carbons (Fsp3) is 0.294. The summed E-state index contributed by atoms with van der Waals surface area (Å²) in [5, 5.41) is 1.85. The zero-order chi connectivity index (χ0) is 13.2. The van der Waals surface area contributed by atoms with Crippen LogP contribution in [-0.2, 0) is 0 Å². The maximum atomic E-state index is 2.31. The fourth-order valence-electron chi connectivity index (χ4n) is 2.11. The van der Waals surface area contributed by atoms with Crippen LogP contribution in [0, 0.1) is 6.92 Å². The molecule has 0 aliphatic rings. The average molecular weight is 256 g/mol. The van der Waals surface area contributed by atoms with E-state index < -0.39 is 0 Å². The Kier molecular flexibility index (Phi) is 3.88. The summed E-state index contributed by atoms with van der Waals surface area (Å²) in [4.78, 5) is 0. The lowest BCUT2D eigenvalue weighted by molar-refractivity contribution is 0.799. The molecular formula is C17H21P. The fourth-order valence-corrected chi connectivity index (χ4v) is 3.42. The molecule has 94 valence electrons. The molecule has 1 unspecified atom stereocenters. The van der Waals surface area contributed by atoms with Gasteiger partial charge in [0.15, 0.2) is 0 Å². The van der Waals surface area contributed by atoms with Gasteiger partial charge in [-0.1, -0.05) is 77.9 Å². The lowest BCUT2D eigenvalue weighted by atomic mass is 10.0. The van der Waals surface area contributed by atoms with Crippen molar-refractivity contribution in [2.75, 3.05) is 0 Å². The summed E-state index contributed by atoms with van der Waals surface area (Å²) in [6, 6.07) is 17.3. The van der Waals surface area contributed by atoms with Crippen LogP contribution in [0.5, 0.6) is 0 Å². The zero-order valence-corrected chi connectivity index (χ0v) is 12.6. The summed E-state index contributed by atoms with van der Waals surface area (Å²) in [7, 11) is 0.854. The smallest absolute Gasteiger partial charge is 0.0148 e. The van der Waals surface area contributed by atoms with Gasteiger partial charge in [-0.25, -0.2) is 0 Å². The molecule has 2 aromatic carbocycles. The summed E-state index contributed by atoms with van der Waals surface area (Å²) in [6.45, 7) is 9.16. The van der Waals surface area contributed by atoms with Crippen LogP contribution >= 0.6 is 8.58 Å². The Hall–Kier alpha value is -1.13. The van der Waals surface area contributed by atoms with Crippen LogP contribution in [0.1, 0.15) is 26.3 Å². The highest BCUT2D eigenvalue weighted by molar-refractivity contribution is 7.49. The van der Waals surface area contributed by atoms with Crippen LogP contribution in [-0.4, -0.2) is 5.16 Å². The molecule has 0 aliphatic carbocycles. The van der Waals surface area contributed by atoms with E-state index in [4.69, 9.17) is 0 Å². The van der Waals surface area contributed by atoms with Gasteiger partial charge in [-0.15, -0.1) is 0 Å². The van der Waals surface area contributed by atoms with Crippen molar-refractivity contribution in [3.8, 4) is 11.1 Å². The van der Waals surface area contributed by atoms with Crippen LogP contribution in [0.2, 0.25) is 0 Å². The molecule has 0 saturated heterocycles. The molecule has 0 fully saturated rings. The van der Waals surface area contributed by atoms with Crippen LogP contribution in [0.15, 0.2) is 48.5 Å². The van der Waals surface area contributed by atoms with Crippen molar-refractivity contribution >= 4 is 13.9 Å². The van der Waals surface area contributed by atoms with E-state index in [0.29, 0.717) is 5.16 Å². The van der Waals surface area contributed by atoms with Gasteiger partial charge in [-0.05, 0) is 34.1 Å². The maximum Gasteiger partial charge on any atom is -0.0148 e. The van der Waals surface area contributed by atoms with Crippen molar-refractivity contribution < 1.29 is 0 Å². The normalized spacial score (nSPS) is 12.2. The SMILES string of the molecule is Cc1c(PC(C)(C)C)cccc1-c1ccccc1. The van der Waals surface area contributed by atoms with E-state index in [1.54, 1.807) is 0 Å². The number of hydrogen-bond donors (Lipinski definition) is 0. The first-order valence-corrected chi connectivity index (χ1v) is 7.40. The van der Waals surface area contributed by atoms with Gasteiger partial charge in [0.25, 0.3) is 0 Å². The minimum atomic E-state index is 0.361. The molecular weight excluding hydrogens is 235 g/mol. The molecule has 0 aliphatic heterocycles. The Morgan fingerprint density at radius 2 is 1.50 bits per heavy atom. The quantitative estimate of drug-likeness (QED) is 0.679. The predicted molar refractivity (Wildman–Crippen MR) is 84.3 cm³/mol. The van der Waals surface area contributed by atoms with Crippen molar-refractivity contribution in [1.82, 2.24) is 0 Å². The van der Waals surface area contributed by atoms with E-state index >= 15 is 0 Å². The third kappa shape index (κ3) is 3.21. The van der Waals surface area contributed by atoms with E-state index in [1.807, 2.05) is 0 Å². The minimum absolute atomic E-state index is 0.361. The molecule has 0 heterocycles. The first-order chi connectivity index (χ1) is 8.47. The average Bonchev–Trinajstić information content (AvgIpc) is 2.31. The van der Waals surface area contributed by atoms with Crippen LogP contribution in [0.25, 0.3) is 11.1 Å². The van der Waals surface area contributed by atoms with Gasteiger partial charge in [-0.3, -0.25) is 0 Å². The molecule has 0 amide bonds. The summed E-state index contributed by atoms with van der Waals surface area (Å²) in [6.07, 6.45) is 0. The summed E-state index contributed by atoms with van der Waals surface area (Å²) in [5.74, 6) is 0. The molecule has 0 N–H and O–H groups in total. The molecule has 0 nitrogen and oxygen atoms in total. The van der Waals surface area contributed by atoms with Crippen molar-refractivity contribution in [3.05, 3.63) is 54.1 Å². The van der Waals surface area contributed by atoms with Crippen molar-refractivity contribution in [1.29, 1.82) is 0 Å². The Balaban J connectivity index is 2.43. The molecule has 1 heteroatoms. The summed E-state index contributed by atoms with van der Waals surface area (Å²) < 4.78 is 0. The van der Waals surface area contributed by atoms with E-state index in [-0.39, 0.29) is 0 Å². The predicted octanol–water partition coefficient (Wildman–Crippen LogP) is 4.76. The third-order valence-electron chi connectivity index (χ3n) is 2.93.